The van der Waals surface area contributed by atoms with E-state index in [0.717, 1.165) is 39.0 Å². The fourth-order valence-electron chi connectivity index (χ4n) is 0.236. The number of hydrogen-bond donors (Lipinski definition) is 4. The van der Waals surface area contributed by atoms with Crippen LogP contribution in [0.3, 0.4) is 0 Å². The summed E-state index contributed by atoms with van der Waals surface area (Å²) in [7, 11) is 0. The summed E-state index contributed by atoms with van der Waals surface area (Å²) in [6, 6.07) is 0. The molecule has 80 valence electrons. The van der Waals surface area contributed by atoms with E-state index in [1.165, 1.54) is 0 Å². The molecule has 0 rings (SSSR count). The van der Waals surface area contributed by atoms with Crippen LogP contribution >= 0.6 is 0 Å². The lowest BCUT2D eigenvalue weighted by molar-refractivity contribution is -0.00100. The minimum atomic E-state index is 0. The monoisotopic (exact) mass is 306 g/mol. The fraction of sp³-hybridized carbons (Fsp3) is 1.00. The molecule has 0 bridgehead atoms. The molecule has 0 aromatic heterocycles. The van der Waals surface area contributed by atoms with E-state index in [2.05, 4.69) is 0 Å². The summed E-state index contributed by atoms with van der Waals surface area (Å²) in [5, 5.41) is 0. The first kappa shape index (κ1) is 23.0. The quantitative estimate of drug-likeness (QED) is 0.414. The predicted molar refractivity (Wildman–Crippen MR) is 45.5 cm³/mol. The summed E-state index contributed by atoms with van der Waals surface area (Å²) in [6.45, 7) is 2.88. The van der Waals surface area contributed by atoms with Crippen molar-refractivity contribution >= 4 is 0 Å². The summed E-state index contributed by atoms with van der Waals surface area (Å²) in [5.41, 5.74) is 20.2. The zero-order valence-electron chi connectivity index (χ0n) is 7.31. The maximum absolute atomic E-state index is 5.06. The van der Waals surface area contributed by atoms with Crippen molar-refractivity contribution in [2.45, 2.75) is 12.8 Å². The van der Waals surface area contributed by atoms with E-state index >= 15 is 0 Å². The van der Waals surface area contributed by atoms with Crippen molar-refractivity contribution in [1.29, 1.82) is 0 Å². The summed E-state index contributed by atoms with van der Waals surface area (Å²) < 4.78 is 0. The molecule has 0 amide bonds. The van der Waals surface area contributed by atoms with Crippen LogP contribution in [0, 0.1) is 0 Å². The van der Waals surface area contributed by atoms with E-state index in [9.17, 15) is 0 Å². The Labute approximate surface area is 96.0 Å². The third-order valence-corrected chi connectivity index (χ3v) is 0.816. The van der Waals surface area contributed by atoms with Gasteiger partial charge in [-0.25, -0.2) is 0 Å². The summed E-state index contributed by atoms with van der Waals surface area (Å²) >= 11 is 0. The van der Waals surface area contributed by atoms with Crippen molar-refractivity contribution in [3.63, 3.8) is 0 Å². The van der Waals surface area contributed by atoms with Crippen LogP contribution in [0.1, 0.15) is 12.8 Å². The molecule has 0 aromatic rings. The first-order valence-corrected chi connectivity index (χ1v) is 3.63. The Morgan fingerprint density at radius 1 is 0.500 bits per heavy atom. The second-order valence-electron chi connectivity index (χ2n) is 1.86. The molecular weight excluding hydrogens is 288 g/mol. The van der Waals surface area contributed by atoms with Gasteiger partial charge in [0.25, 0.3) is 0 Å². The highest BCUT2D eigenvalue weighted by atomic mass is 79.9. The number of hydrogen-bond acceptors (Lipinski definition) is 4. The van der Waals surface area contributed by atoms with E-state index < -0.39 is 0 Å². The molecule has 0 saturated heterocycles. The third kappa shape index (κ3) is 45.0. The van der Waals surface area contributed by atoms with Crippen LogP contribution < -0.4 is 56.9 Å². The van der Waals surface area contributed by atoms with Gasteiger partial charge in [-0.1, -0.05) is 0 Å². The van der Waals surface area contributed by atoms with E-state index in [1.807, 2.05) is 0 Å². The highest BCUT2D eigenvalue weighted by molar-refractivity contribution is 4.34. The van der Waals surface area contributed by atoms with Crippen molar-refractivity contribution in [1.82, 2.24) is 0 Å². The van der Waals surface area contributed by atoms with Crippen LogP contribution in [0.2, 0.25) is 0 Å². The van der Waals surface area contributed by atoms with Gasteiger partial charge in [0.1, 0.15) is 0 Å². The van der Waals surface area contributed by atoms with Crippen LogP contribution in [0.5, 0.6) is 0 Å². The molecule has 0 atom stereocenters. The predicted octanol–water partition coefficient (Wildman–Crippen LogP) is -7.40. The van der Waals surface area contributed by atoms with Gasteiger partial charge in [0, 0.05) is 0 Å². The standard InChI is InChI=1S/2C3H10N2.2BrH/c2*4-2-1-3-5;;/h2*1-5H2;2*1H/p-2. The van der Waals surface area contributed by atoms with Gasteiger partial charge in [-0.05, 0) is 39.0 Å². The Bertz CT molecular complexity index is 38.5. The average molecular weight is 308 g/mol. The van der Waals surface area contributed by atoms with Gasteiger partial charge in [0.05, 0.1) is 0 Å². The van der Waals surface area contributed by atoms with Crippen LogP contribution in [0.15, 0.2) is 0 Å². The topological polar surface area (TPSA) is 104 Å². The Morgan fingerprint density at radius 3 is 0.667 bits per heavy atom. The minimum Gasteiger partial charge on any atom is -1.00 e. The van der Waals surface area contributed by atoms with Gasteiger partial charge in [-0.15, -0.1) is 0 Å². The highest BCUT2D eigenvalue weighted by Gasteiger charge is 1.68. The average Bonchev–Trinajstić information content (AvgIpc) is 1.93. The van der Waals surface area contributed by atoms with E-state index in [0.29, 0.717) is 0 Å². The second-order valence-corrected chi connectivity index (χ2v) is 1.86. The fourth-order valence-corrected chi connectivity index (χ4v) is 0.236. The molecule has 0 heterocycles. The van der Waals surface area contributed by atoms with Gasteiger partial charge >= 0.3 is 0 Å². The molecule has 0 radical (unpaired) electrons. The Kier molecular flexibility index (Phi) is 57.1. The molecular formula is C6H20Br2N4-2. The van der Waals surface area contributed by atoms with Crippen LogP contribution in [-0.4, -0.2) is 26.2 Å². The summed E-state index contributed by atoms with van der Waals surface area (Å²) in [6.07, 6.45) is 1.89. The van der Waals surface area contributed by atoms with Gasteiger partial charge in [-0.2, -0.15) is 0 Å². The van der Waals surface area contributed by atoms with Crippen molar-refractivity contribution in [3.05, 3.63) is 0 Å². The van der Waals surface area contributed by atoms with Gasteiger partial charge in [0.2, 0.25) is 0 Å². The molecule has 8 N–H and O–H groups in total. The molecule has 4 nitrogen and oxygen atoms in total. The Hall–Kier alpha value is 0.800. The Morgan fingerprint density at radius 2 is 0.667 bits per heavy atom. The molecule has 0 saturated carbocycles. The van der Waals surface area contributed by atoms with E-state index in [1.54, 1.807) is 0 Å². The van der Waals surface area contributed by atoms with Crippen LogP contribution in [-0.2, 0) is 0 Å². The first-order valence-electron chi connectivity index (χ1n) is 3.63. The molecule has 0 aliphatic carbocycles. The maximum Gasteiger partial charge on any atom is -0.00653 e. The van der Waals surface area contributed by atoms with E-state index in [-0.39, 0.29) is 34.0 Å². The van der Waals surface area contributed by atoms with Crippen molar-refractivity contribution in [2.75, 3.05) is 26.2 Å². The number of nitrogens with two attached hydrogens (primary N) is 4. The first-order chi connectivity index (χ1) is 4.83. The SMILES string of the molecule is NCCCN.NCCCN.[Br-].[Br-]. The number of rotatable bonds is 4. The van der Waals surface area contributed by atoms with E-state index in [4.69, 9.17) is 22.9 Å². The third-order valence-electron chi connectivity index (χ3n) is 0.816. The largest absolute Gasteiger partial charge is 1.00 e. The van der Waals surface area contributed by atoms with Crippen LogP contribution in [0.4, 0.5) is 0 Å². The van der Waals surface area contributed by atoms with Gasteiger partial charge in [0.15, 0.2) is 0 Å². The normalized spacial score (nSPS) is 7.00. The zero-order valence-corrected chi connectivity index (χ0v) is 10.5. The molecule has 0 spiro atoms. The van der Waals surface area contributed by atoms with Gasteiger partial charge in [-0.3, -0.25) is 0 Å². The molecule has 0 aliphatic heterocycles. The van der Waals surface area contributed by atoms with Crippen molar-refractivity contribution < 1.29 is 34.0 Å². The second kappa shape index (κ2) is 29.8. The maximum atomic E-state index is 5.06. The molecule has 12 heavy (non-hydrogen) atoms. The lowest BCUT2D eigenvalue weighted by Crippen LogP contribution is -3.00. The molecule has 0 aromatic carbocycles. The van der Waals surface area contributed by atoms with Crippen LogP contribution in [0.25, 0.3) is 0 Å². The van der Waals surface area contributed by atoms with Crippen molar-refractivity contribution in [2.24, 2.45) is 22.9 Å². The smallest absolute Gasteiger partial charge is 0.00653 e. The molecule has 0 unspecified atom stereocenters. The number of halogens is 2. The molecule has 0 aliphatic rings. The lowest BCUT2D eigenvalue weighted by atomic mass is 10.4. The minimum absolute atomic E-state index is 0. The zero-order chi connectivity index (χ0) is 8.24. The summed E-state index contributed by atoms with van der Waals surface area (Å²) in [4.78, 5) is 0. The van der Waals surface area contributed by atoms with Crippen molar-refractivity contribution in [3.8, 4) is 0 Å². The Balaban J connectivity index is -0.0000000457. The summed E-state index contributed by atoms with van der Waals surface area (Å²) in [5.74, 6) is 0. The lowest BCUT2D eigenvalue weighted by Gasteiger charge is -1.81. The molecule has 0 fully saturated rings. The molecule has 6 heteroatoms. The highest BCUT2D eigenvalue weighted by Crippen LogP contribution is 1.58. The van der Waals surface area contributed by atoms with Gasteiger partial charge < -0.3 is 56.9 Å².